The number of benzene rings is 1. The Hall–Kier alpha value is -2.63. The molecule has 0 saturated heterocycles. The van der Waals surface area contributed by atoms with Crippen molar-refractivity contribution in [1.82, 2.24) is 10.5 Å². The van der Waals surface area contributed by atoms with Gasteiger partial charge in [0.1, 0.15) is 5.76 Å². The van der Waals surface area contributed by atoms with Crippen LogP contribution in [-0.2, 0) is 9.59 Å². The van der Waals surface area contributed by atoms with Crippen LogP contribution in [0, 0.1) is 13.8 Å². The van der Waals surface area contributed by atoms with Crippen LogP contribution in [0.5, 0.6) is 0 Å². The van der Waals surface area contributed by atoms with E-state index in [4.69, 9.17) is 4.52 Å². The van der Waals surface area contributed by atoms with Gasteiger partial charge in [0.05, 0.1) is 5.69 Å². The highest BCUT2D eigenvalue weighted by molar-refractivity contribution is 5.85. The zero-order valence-electron chi connectivity index (χ0n) is 13.4. The second-order valence-electron chi connectivity index (χ2n) is 5.59. The summed E-state index contributed by atoms with van der Waals surface area (Å²) in [6, 6.07) is 7.58. The van der Waals surface area contributed by atoms with E-state index in [0.717, 1.165) is 11.3 Å². The first-order valence-corrected chi connectivity index (χ1v) is 7.40. The molecule has 0 aliphatic carbocycles. The zero-order chi connectivity index (χ0) is 17.0. The largest absolute Gasteiger partial charge is 0.479 e. The lowest BCUT2D eigenvalue weighted by Gasteiger charge is -2.17. The Labute approximate surface area is 134 Å². The summed E-state index contributed by atoms with van der Waals surface area (Å²) >= 11 is 0. The minimum atomic E-state index is -1.09. The monoisotopic (exact) mass is 316 g/mol. The van der Waals surface area contributed by atoms with Crippen molar-refractivity contribution in [3.63, 3.8) is 0 Å². The summed E-state index contributed by atoms with van der Waals surface area (Å²) < 4.78 is 5.11. The van der Waals surface area contributed by atoms with Gasteiger partial charge >= 0.3 is 5.97 Å². The number of nitrogens with one attached hydrogen (secondary N) is 1. The summed E-state index contributed by atoms with van der Waals surface area (Å²) in [6.07, 6.45) is 0.166. The summed E-state index contributed by atoms with van der Waals surface area (Å²) in [4.78, 5) is 23.7. The van der Waals surface area contributed by atoms with E-state index in [1.165, 1.54) is 0 Å². The number of hydrogen-bond acceptors (Lipinski definition) is 4. The van der Waals surface area contributed by atoms with E-state index in [2.05, 4.69) is 10.5 Å². The Kier molecular flexibility index (Phi) is 5.16. The summed E-state index contributed by atoms with van der Waals surface area (Å²) in [5.74, 6) is -0.838. The summed E-state index contributed by atoms with van der Waals surface area (Å²) in [7, 11) is 0. The van der Waals surface area contributed by atoms with Crippen LogP contribution < -0.4 is 5.32 Å². The minimum absolute atomic E-state index is 0.105. The predicted octanol–water partition coefficient (Wildman–Crippen LogP) is 2.73. The number of aliphatic carboxylic acids is 1. The maximum absolute atomic E-state index is 12.2. The smallest absolute Gasteiger partial charge is 0.330 e. The number of hydrogen-bond donors (Lipinski definition) is 2. The molecule has 6 nitrogen and oxygen atoms in total. The van der Waals surface area contributed by atoms with Gasteiger partial charge in [0.25, 0.3) is 0 Å². The van der Waals surface area contributed by atoms with Crippen LogP contribution in [0.1, 0.15) is 47.9 Å². The molecule has 6 heteroatoms. The molecule has 1 unspecified atom stereocenters. The van der Waals surface area contributed by atoms with Crippen molar-refractivity contribution < 1.29 is 19.2 Å². The van der Waals surface area contributed by atoms with Gasteiger partial charge in [-0.05, 0) is 25.3 Å². The Morgan fingerprint density at radius 3 is 2.43 bits per heavy atom. The van der Waals surface area contributed by atoms with E-state index in [-0.39, 0.29) is 18.2 Å². The van der Waals surface area contributed by atoms with Crippen molar-refractivity contribution in [3.8, 4) is 0 Å². The molecule has 0 radical (unpaired) electrons. The molecule has 0 saturated carbocycles. The van der Waals surface area contributed by atoms with Crippen molar-refractivity contribution in [2.75, 3.05) is 0 Å². The van der Waals surface area contributed by atoms with Crippen LogP contribution in [0.15, 0.2) is 34.9 Å². The fourth-order valence-corrected chi connectivity index (χ4v) is 2.73. The van der Waals surface area contributed by atoms with Gasteiger partial charge in [0.2, 0.25) is 5.91 Å². The van der Waals surface area contributed by atoms with Crippen molar-refractivity contribution in [3.05, 3.63) is 52.9 Å². The first-order chi connectivity index (χ1) is 10.9. The van der Waals surface area contributed by atoms with Crippen molar-refractivity contribution >= 4 is 11.9 Å². The number of carboxylic acids is 1. The highest BCUT2D eigenvalue weighted by Crippen LogP contribution is 2.26. The molecule has 1 heterocycles. The molecular weight excluding hydrogens is 296 g/mol. The zero-order valence-corrected chi connectivity index (χ0v) is 13.4. The van der Waals surface area contributed by atoms with Gasteiger partial charge in [0, 0.05) is 12.0 Å². The molecule has 122 valence electrons. The van der Waals surface area contributed by atoms with Crippen molar-refractivity contribution in [2.45, 2.75) is 39.2 Å². The maximum Gasteiger partial charge on any atom is 0.330 e. The highest BCUT2D eigenvalue weighted by Gasteiger charge is 2.24. The summed E-state index contributed by atoms with van der Waals surface area (Å²) in [5.41, 5.74) is 2.19. The number of aromatic nitrogens is 1. The molecule has 2 atom stereocenters. The second-order valence-corrected chi connectivity index (χ2v) is 5.59. The van der Waals surface area contributed by atoms with Crippen LogP contribution in [0.2, 0.25) is 0 Å². The van der Waals surface area contributed by atoms with Crippen molar-refractivity contribution in [1.29, 1.82) is 0 Å². The molecule has 1 aromatic heterocycles. The first kappa shape index (κ1) is 16.7. The normalized spacial score (nSPS) is 13.3. The SMILES string of the molecule is Cc1noc(C)c1C(C)CC(=O)N[C@@H](C(=O)O)c1ccccc1. The average molecular weight is 316 g/mol. The molecule has 1 amide bonds. The number of amides is 1. The van der Waals surface area contributed by atoms with Gasteiger partial charge in [-0.15, -0.1) is 0 Å². The number of carbonyl (C=O) groups excluding carboxylic acids is 1. The standard InChI is InChI=1S/C17H20N2O4/c1-10(15-11(2)19-23-12(15)3)9-14(20)18-16(17(21)22)13-7-5-4-6-8-13/h4-8,10,16H,9H2,1-3H3,(H,18,20)(H,21,22)/t10?,16-/m1/s1. The van der Waals surface area contributed by atoms with E-state index < -0.39 is 12.0 Å². The van der Waals surface area contributed by atoms with Gasteiger partial charge in [-0.25, -0.2) is 4.79 Å². The van der Waals surface area contributed by atoms with Crippen LogP contribution >= 0.6 is 0 Å². The predicted molar refractivity (Wildman–Crippen MR) is 84.0 cm³/mol. The summed E-state index contributed by atoms with van der Waals surface area (Å²) in [5, 5.41) is 15.8. The maximum atomic E-state index is 12.2. The topological polar surface area (TPSA) is 92.4 Å². The van der Waals surface area contributed by atoms with E-state index in [1.807, 2.05) is 13.8 Å². The van der Waals surface area contributed by atoms with Crippen LogP contribution in [-0.4, -0.2) is 22.1 Å². The first-order valence-electron chi connectivity index (χ1n) is 7.40. The lowest BCUT2D eigenvalue weighted by atomic mass is 9.95. The number of carbonyl (C=O) groups is 2. The van der Waals surface area contributed by atoms with E-state index in [9.17, 15) is 14.7 Å². The molecule has 1 aromatic carbocycles. The van der Waals surface area contributed by atoms with Crippen LogP contribution in [0.4, 0.5) is 0 Å². The van der Waals surface area contributed by atoms with E-state index >= 15 is 0 Å². The average Bonchev–Trinajstić information content (AvgIpc) is 2.84. The van der Waals surface area contributed by atoms with Gasteiger partial charge in [-0.2, -0.15) is 0 Å². The number of carboxylic acid groups (broad SMARTS) is 1. The molecule has 0 bridgehead atoms. The quantitative estimate of drug-likeness (QED) is 0.855. The third-order valence-electron chi connectivity index (χ3n) is 3.76. The Bertz CT molecular complexity index is 674. The third-order valence-corrected chi connectivity index (χ3v) is 3.76. The van der Waals surface area contributed by atoms with Gasteiger partial charge in [0.15, 0.2) is 6.04 Å². The number of nitrogens with zero attached hydrogens (tertiary/aromatic N) is 1. The molecular formula is C17H20N2O4. The fraction of sp³-hybridized carbons (Fsp3) is 0.353. The molecule has 0 aliphatic heterocycles. The third kappa shape index (κ3) is 3.97. The molecule has 2 rings (SSSR count). The molecule has 0 spiro atoms. The van der Waals surface area contributed by atoms with Gasteiger partial charge < -0.3 is 14.9 Å². The Morgan fingerprint density at radius 1 is 1.26 bits per heavy atom. The van der Waals surface area contributed by atoms with Crippen molar-refractivity contribution in [2.24, 2.45) is 0 Å². The molecule has 23 heavy (non-hydrogen) atoms. The van der Waals surface area contributed by atoms with Crippen LogP contribution in [0.25, 0.3) is 0 Å². The fourth-order valence-electron chi connectivity index (χ4n) is 2.73. The number of aryl methyl sites for hydroxylation is 2. The number of rotatable bonds is 6. The molecule has 0 aliphatic rings. The molecule has 2 aromatic rings. The van der Waals surface area contributed by atoms with E-state index in [0.29, 0.717) is 11.3 Å². The second kappa shape index (κ2) is 7.09. The highest BCUT2D eigenvalue weighted by atomic mass is 16.5. The molecule has 2 N–H and O–H groups in total. The van der Waals surface area contributed by atoms with Crippen LogP contribution in [0.3, 0.4) is 0 Å². The lowest BCUT2D eigenvalue weighted by molar-refractivity contribution is -0.142. The van der Waals surface area contributed by atoms with Gasteiger partial charge in [-0.1, -0.05) is 42.4 Å². The van der Waals surface area contributed by atoms with E-state index in [1.54, 1.807) is 37.3 Å². The lowest BCUT2D eigenvalue weighted by Crippen LogP contribution is -2.34. The Balaban J connectivity index is 2.07. The van der Waals surface area contributed by atoms with Gasteiger partial charge in [-0.3, -0.25) is 4.79 Å². The summed E-state index contributed by atoms with van der Waals surface area (Å²) in [6.45, 7) is 5.52. The Morgan fingerprint density at radius 2 is 1.91 bits per heavy atom. The molecule has 0 fully saturated rings. The minimum Gasteiger partial charge on any atom is -0.479 e.